The molecule has 0 fully saturated rings. The minimum absolute atomic E-state index is 0.164. The van der Waals surface area contributed by atoms with Crippen LogP contribution in [0.25, 0.3) is 0 Å². The fourth-order valence-electron chi connectivity index (χ4n) is 2.98. The largest absolute Gasteiger partial charge is 0.461 e. The summed E-state index contributed by atoms with van der Waals surface area (Å²) < 4.78 is 4.88. The van der Waals surface area contributed by atoms with E-state index in [1.807, 2.05) is 18.2 Å². The second kappa shape index (κ2) is 9.65. The number of anilines is 1. The normalized spacial score (nSPS) is 13.3. The topological polar surface area (TPSA) is 91.5 Å². The van der Waals surface area contributed by atoms with Gasteiger partial charge in [-0.1, -0.05) is 56.3 Å². The minimum Gasteiger partial charge on any atom is -0.461 e. The molecule has 0 spiro atoms. The molecule has 1 unspecified atom stereocenters. The van der Waals surface area contributed by atoms with Crippen LogP contribution in [0.1, 0.15) is 38.8 Å². The molecule has 0 heterocycles. The van der Waals surface area contributed by atoms with Crippen molar-refractivity contribution in [3.63, 3.8) is 0 Å². The van der Waals surface area contributed by atoms with Crippen LogP contribution in [-0.4, -0.2) is 24.1 Å². The van der Waals surface area contributed by atoms with Crippen molar-refractivity contribution in [1.82, 2.24) is 0 Å². The maximum absolute atomic E-state index is 13.1. The summed E-state index contributed by atoms with van der Waals surface area (Å²) in [5.41, 5.74) is 3.44. The zero-order valence-electron chi connectivity index (χ0n) is 17.1. The molecule has 0 saturated heterocycles. The lowest BCUT2D eigenvalue weighted by atomic mass is 9.69. The fraction of sp³-hybridized carbons (Fsp3) is 0.304. The van der Waals surface area contributed by atoms with Gasteiger partial charge in [0, 0.05) is 5.92 Å². The van der Waals surface area contributed by atoms with Crippen LogP contribution in [0.3, 0.4) is 0 Å². The Hall–Kier alpha value is -3.46. The minimum atomic E-state index is -1.39. The molecule has 2 aromatic rings. The summed E-state index contributed by atoms with van der Waals surface area (Å²) in [7, 11) is 0. The lowest BCUT2D eigenvalue weighted by molar-refractivity contribution is -0.135. The van der Waals surface area contributed by atoms with Gasteiger partial charge in [-0.15, -0.1) is 0 Å². The number of carbonyl (C=O) groups excluding carboxylic acids is 2. The number of hydrogen-bond acceptors (Lipinski definition) is 6. The van der Waals surface area contributed by atoms with Crippen LogP contribution in [0.5, 0.6) is 0 Å². The first kappa shape index (κ1) is 21.8. The molecule has 1 N–H and O–H groups in total. The smallest absolute Gasteiger partial charge is 0.354 e. The number of hydrogen-bond donors (Lipinski definition) is 1. The zero-order valence-corrected chi connectivity index (χ0v) is 17.1. The number of ether oxygens (including phenoxy) is 1. The average molecular weight is 391 g/mol. The van der Waals surface area contributed by atoms with E-state index in [-0.39, 0.29) is 24.0 Å². The van der Waals surface area contributed by atoms with Gasteiger partial charge in [0.15, 0.2) is 11.2 Å². The van der Waals surface area contributed by atoms with Crippen molar-refractivity contribution < 1.29 is 14.3 Å². The van der Waals surface area contributed by atoms with Crippen molar-refractivity contribution >= 4 is 23.2 Å². The van der Waals surface area contributed by atoms with Gasteiger partial charge in [-0.2, -0.15) is 10.4 Å². The first-order valence-electron chi connectivity index (χ1n) is 9.45. The number of benzene rings is 2. The molecular formula is C23H25N3O3. The van der Waals surface area contributed by atoms with E-state index in [2.05, 4.69) is 16.6 Å². The van der Waals surface area contributed by atoms with Gasteiger partial charge in [-0.3, -0.25) is 10.2 Å². The van der Waals surface area contributed by atoms with E-state index >= 15 is 0 Å². The third-order valence-corrected chi connectivity index (χ3v) is 4.51. The third kappa shape index (κ3) is 4.69. The SMILES string of the molecule is CCOC(=O)C(C)=NNc1ccc(C(C#N)(C(=O)C(C)C)c2ccccc2)cc1. The fourth-order valence-corrected chi connectivity index (χ4v) is 2.98. The van der Waals surface area contributed by atoms with Crippen LogP contribution in [0.4, 0.5) is 5.69 Å². The van der Waals surface area contributed by atoms with Crippen LogP contribution >= 0.6 is 0 Å². The van der Waals surface area contributed by atoms with Crippen molar-refractivity contribution in [2.24, 2.45) is 11.0 Å². The molecule has 150 valence electrons. The molecule has 0 amide bonds. The number of ketones is 1. The van der Waals surface area contributed by atoms with Crippen LogP contribution in [0.15, 0.2) is 59.7 Å². The Morgan fingerprint density at radius 2 is 1.69 bits per heavy atom. The Morgan fingerprint density at radius 1 is 1.10 bits per heavy atom. The van der Waals surface area contributed by atoms with Crippen molar-refractivity contribution in [2.45, 2.75) is 33.1 Å². The van der Waals surface area contributed by atoms with Gasteiger partial charge in [-0.05, 0) is 37.1 Å². The van der Waals surface area contributed by atoms with Gasteiger partial charge in [0.25, 0.3) is 0 Å². The molecule has 0 radical (unpaired) electrons. The lowest BCUT2D eigenvalue weighted by Crippen LogP contribution is -2.38. The molecule has 6 nitrogen and oxygen atoms in total. The van der Waals surface area contributed by atoms with E-state index in [0.717, 1.165) is 0 Å². The van der Waals surface area contributed by atoms with Gasteiger partial charge in [0.1, 0.15) is 5.71 Å². The highest BCUT2D eigenvalue weighted by atomic mass is 16.5. The van der Waals surface area contributed by atoms with E-state index in [1.165, 1.54) is 0 Å². The Morgan fingerprint density at radius 3 is 2.21 bits per heavy atom. The molecule has 6 heteroatoms. The summed E-state index contributed by atoms with van der Waals surface area (Å²) in [6.07, 6.45) is 0. The number of nitrogens with one attached hydrogen (secondary N) is 1. The third-order valence-electron chi connectivity index (χ3n) is 4.51. The van der Waals surface area contributed by atoms with Crippen molar-refractivity contribution in [2.75, 3.05) is 12.0 Å². The number of hydrazone groups is 1. The lowest BCUT2D eigenvalue weighted by Gasteiger charge is -2.28. The van der Waals surface area contributed by atoms with Crippen LogP contribution < -0.4 is 5.43 Å². The average Bonchev–Trinajstić information content (AvgIpc) is 2.74. The molecule has 0 aliphatic rings. The number of carbonyl (C=O) groups is 2. The van der Waals surface area contributed by atoms with Crippen LogP contribution in [0, 0.1) is 17.2 Å². The van der Waals surface area contributed by atoms with Gasteiger partial charge >= 0.3 is 5.97 Å². The Labute approximate surface area is 171 Å². The molecule has 29 heavy (non-hydrogen) atoms. The molecule has 2 aromatic carbocycles. The van der Waals surface area contributed by atoms with E-state index in [9.17, 15) is 14.9 Å². The maximum Gasteiger partial charge on any atom is 0.354 e. The Bertz CT molecular complexity index is 928. The molecule has 0 aliphatic heterocycles. The highest BCUT2D eigenvalue weighted by Gasteiger charge is 2.43. The number of rotatable bonds is 8. The molecule has 0 aromatic heterocycles. The van der Waals surface area contributed by atoms with Gasteiger partial charge in [0.2, 0.25) is 0 Å². The number of nitrogens with zero attached hydrogens (tertiary/aromatic N) is 2. The Kier molecular flexibility index (Phi) is 7.27. The monoisotopic (exact) mass is 391 g/mol. The standard InChI is InChI=1S/C23H25N3O3/c1-5-29-22(28)17(4)25-26-20-13-11-19(12-14-20)23(15-24,21(27)16(2)3)18-9-7-6-8-10-18/h6-14,16,26H,5H2,1-4H3. The molecule has 0 saturated carbocycles. The van der Waals surface area contributed by atoms with Gasteiger partial charge < -0.3 is 4.74 Å². The summed E-state index contributed by atoms with van der Waals surface area (Å²) >= 11 is 0. The summed E-state index contributed by atoms with van der Waals surface area (Å²) in [6.45, 7) is 7.14. The first-order chi connectivity index (χ1) is 13.9. The highest BCUT2D eigenvalue weighted by molar-refractivity contribution is 6.35. The molecular weight excluding hydrogens is 366 g/mol. The summed E-state index contributed by atoms with van der Waals surface area (Å²) in [5.74, 6) is -0.973. The number of nitriles is 1. The van der Waals surface area contributed by atoms with Crippen LogP contribution in [0.2, 0.25) is 0 Å². The molecule has 2 rings (SSSR count). The quantitative estimate of drug-likeness (QED) is 0.416. The van der Waals surface area contributed by atoms with E-state index in [1.54, 1.807) is 64.1 Å². The summed E-state index contributed by atoms with van der Waals surface area (Å²) in [5, 5.41) is 14.1. The maximum atomic E-state index is 13.1. The van der Waals surface area contributed by atoms with E-state index in [4.69, 9.17) is 4.74 Å². The zero-order chi connectivity index (χ0) is 21.4. The highest BCUT2D eigenvalue weighted by Crippen LogP contribution is 2.35. The van der Waals surface area contributed by atoms with Gasteiger partial charge in [0.05, 0.1) is 18.4 Å². The van der Waals surface area contributed by atoms with Crippen molar-refractivity contribution in [1.29, 1.82) is 5.26 Å². The molecule has 0 bridgehead atoms. The predicted molar refractivity (Wildman–Crippen MR) is 112 cm³/mol. The van der Waals surface area contributed by atoms with Crippen molar-refractivity contribution in [3.05, 3.63) is 65.7 Å². The number of esters is 1. The Balaban J connectivity index is 2.40. The van der Waals surface area contributed by atoms with Gasteiger partial charge in [-0.25, -0.2) is 4.79 Å². The molecule has 1 atom stereocenters. The van der Waals surface area contributed by atoms with Crippen molar-refractivity contribution in [3.8, 4) is 6.07 Å². The summed E-state index contributed by atoms with van der Waals surface area (Å²) in [4.78, 5) is 24.7. The summed E-state index contributed by atoms with van der Waals surface area (Å²) in [6, 6.07) is 18.2. The second-order valence-corrected chi connectivity index (χ2v) is 6.85. The van der Waals surface area contributed by atoms with E-state index in [0.29, 0.717) is 16.8 Å². The first-order valence-corrected chi connectivity index (χ1v) is 9.45. The number of Topliss-reactive ketones (excluding diaryl/α,β-unsaturated/α-hetero) is 1. The van der Waals surface area contributed by atoms with E-state index < -0.39 is 11.4 Å². The second-order valence-electron chi connectivity index (χ2n) is 6.85. The molecule has 0 aliphatic carbocycles. The van der Waals surface area contributed by atoms with Crippen LogP contribution in [-0.2, 0) is 19.7 Å². The predicted octanol–water partition coefficient (Wildman–Crippen LogP) is 4.07.